The monoisotopic (exact) mass is 260 g/mol. The number of hydrogen-bond donors (Lipinski definition) is 0. The summed E-state index contributed by atoms with van der Waals surface area (Å²) < 4.78 is 5.04. The zero-order valence-corrected chi connectivity index (χ0v) is 12.0. The Morgan fingerprint density at radius 3 is 2.47 bits per heavy atom. The van der Waals surface area contributed by atoms with Gasteiger partial charge < -0.3 is 4.74 Å². The average molecular weight is 260 g/mol. The number of carbonyl (C=O) groups is 1. The minimum Gasteiger partial charge on any atom is -0.466 e. The van der Waals surface area contributed by atoms with E-state index in [9.17, 15) is 4.79 Å². The van der Waals surface area contributed by atoms with Crippen LogP contribution in [0.2, 0.25) is 0 Å². The van der Waals surface area contributed by atoms with Crippen LogP contribution in [0.15, 0.2) is 24.3 Å². The van der Waals surface area contributed by atoms with E-state index < -0.39 is 0 Å². The maximum Gasteiger partial charge on any atom is 0.302 e. The molecule has 0 spiro atoms. The minimum absolute atomic E-state index is 0.191. The molecule has 1 atom stereocenters. The van der Waals surface area contributed by atoms with Gasteiger partial charge in [0, 0.05) is 6.92 Å². The van der Waals surface area contributed by atoms with Gasteiger partial charge in [-0.2, -0.15) is 0 Å². The summed E-state index contributed by atoms with van der Waals surface area (Å²) in [6.45, 7) is 4.09. The van der Waals surface area contributed by atoms with Crippen molar-refractivity contribution in [2.24, 2.45) is 5.92 Å². The number of carbonyl (C=O) groups excluding carboxylic acids is 1. The molecule has 2 rings (SSSR count). The van der Waals surface area contributed by atoms with Gasteiger partial charge in [-0.3, -0.25) is 4.79 Å². The van der Waals surface area contributed by atoms with E-state index in [4.69, 9.17) is 4.74 Å². The molecule has 1 fully saturated rings. The van der Waals surface area contributed by atoms with Crippen LogP contribution in [0.5, 0.6) is 0 Å². The largest absolute Gasteiger partial charge is 0.466 e. The predicted octanol–water partition coefficient (Wildman–Crippen LogP) is 4.09. The molecule has 19 heavy (non-hydrogen) atoms. The van der Waals surface area contributed by atoms with E-state index in [0.29, 0.717) is 12.5 Å². The second-order valence-corrected chi connectivity index (χ2v) is 5.83. The lowest BCUT2D eigenvalue weighted by atomic mass is 9.94. The Morgan fingerprint density at radius 1 is 1.26 bits per heavy atom. The van der Waals surface area contributed by atoms with Crippen molar-refractivity contribution in [1.82, 2.24) is 0 Å². The number of rotatable bonds is 5. The lowest BCUT2D eigenvalue weighted by Gasteiger charge is -2.13. The topological polar surface area (TPSA) is 26.3 Å². The molecule has 2 heteroatoms. The summed E-state index contributed by atoms with van der Waals surface area (Å²) in [5.41, 5.74) is 2.83. The van der Waals surface area contributed by atoms with Gasteiger partial charge in [0.25, 0.3) is 0 Å². The first-order valence-corrected chi connectivity index (χ1v) is 7.37. The van der Waals surface area contributed by atoms with E-state index in [0.717, 1.165) is 12.3 Å². The Kier molecular flexibility index (Phi) is 5.00. The molecule has 1 aromatic rings. The van der Waals surface area contributed by atoms with Crippen molar-refractivity contribution in [1.29, 1.82) is 0 Å². The molecule has 2 nitrogen and oxygen atoms in total. The maximum atomic E-state index is 10.8. The molecular weight excluding hydrogens is 236 g/mol. The third kappa shape index (κ3) is 4.38. The van der Waals surface area contributed by atoms with Crippen molar-refractivity contribution in [3.63, 3.8) is 0 Å². The van der Waals surface area contributed by atoms with Crippen molar-refractivity contribution in [3.05, 3.63) is 35.4 Å². The fourth-order valence-corrected chi connectivity index (χ4v) is 2.91. The van der Waals surface area contributed by atoms with E-state index in [1.165, 1.54) is 43.7 Å². The lowest BCUT2D eigenvalue weighted by Crippen LogP contribution is -2.11. The first-order chi connectivity index (χ1) is 9.15. The molecular formula is C17H24O2. The van der Waals surface area contributed by atoms with Crippen LogP contribution in [0.25, 0.3) is 0 Å². The Labute approximate surface area is 116 Å². The van der Waals surface area contributed by atoms with Gasteiger partial charge in [-0.25, -0.2) is 0 Å². The molecule has 104 valence electrons. The molecule has 1 aromatic carbocycles. The average Bonchev–Trinajstić information content (AvgIpc) is 2.91. The van der Waals surface area contributed by atoms with E-state index >= 15 is 0 Å². The summed E-state index contributed by atoms with van der Waals surface area (Å²) in [6.07, 6.45) is 6.43. The molecule has 0 aromatic heterocycles. The van der Waals surface area contributed by atoms with Crippen LogP contribution < -0.4 is 0 Å². The van der Waals surface area contributed by atoms with Gasteiger partial charge in [0.15, 0.2) is 0 Å². The van der Waals surface area contributed by atoms with Crippen LogP contribution >= 0.6 is 0 Å². The van der Waals surface area contributed by atoms with Crippen molar-refractivity contribution in [2.45, 2.75) is 51.9 Å². The van der Waals surface area contributed by atoms with Gasteiger partial charge in [-0.15, -0.1) is 0 Å². The zero-order valence-electron chi connectivity index (χ0n) is 12.0. The summed E-state index contributed by atoms with van der Waals surface area (Å²) in [5.74, 6) is 0.970. The van der Waals surface area contributed by atoms with E-state index in [-0.39, 0.29) is 5.97 Å². The Morgan fingerprint density at radius 2 is 1.89 bits per heavy atom. The summed E-state index contributed by atoms with van der Waals surface area (Å²) >= 11 is 0. The molecule has 0 heterocycles. The highest BCUT2D eigenvalue weighted by Gasteiger charge is 2.16. The van der Waals surface area contributed by atoms with Crippen LogP contribution in [0.4, 0.5) is 0 Å². The zero-order chi connectivity index (χ0) is 13.7. The standard InChI is InChI=1S/C17H24O2/c1-13(12-19-14(2)18)11-15-7-9-17(10-8-15)16-5-3-4-6-16/h7-10,13,16H,3-6,11-12H2,1-2H3. The molecule has 0 saturated heterocycles. The molecule has 0 amide bonds. The highest BCUT2D eigenvalue weighted by Crippen LogP contribution is 2.34. The van der Waals surface area contributed by atoms with Gasteiger partial charge >= 0.3 is 5.97 Å². The van der Waals surface area contributed by atoms with Crippen molar-refractivity contribution in [2.75, 3.05) is 6.61 Å². The van der Waals surface area contributed by atoms with Crippen LogP contribution in [0.3, 0.4) is 0 Å². The summed E-state index contributed by atoms with van der Waals surface area (Å²) in [4.78, 5) is 10.8. The second-order valence-electron chi connectivity index (χ2n) is 5.83. The first-order valence-electron chi connectivity index (χ1n) is 7.37. The quantitative estimate of drug-likeness (QED) is 0.745. The van der Waals surface area contributed by atoms with Crippen LogP contribution in [0.1, 0.15) is 56.6 Å². The summed E-state index contributed by atoms with van der Waals surface area (Å²) in [6, 6.07) is 9.03. The molecule has 0 radical (unpaired) electrons. The van der Waals surface area contributed by atoms with E-state index in [1.807, 2.05) is 0 Å². The van der Waals surface area contributed by atoms with Crippen molar-refractivity contribution >= 4 is 5.97 Å². The fourth-order valence-electron chi connectivity index (χ4n) is 2.91. The second kappa shape index (κ2) is 6.74. The Hall–Kier alpha value is -1.31. The molecule has 1 aliphatic rings. The SMILES string of the molecule is CC(=O)OCC(C)Cc1ccc(C2CCCC2)cc1. The van der Waals surface area contributed by atoms with Gasteiger partial charge in [-0.05, 0) is 42.2 Å². The number of hydrogen-bond acceptors (Lipinski definition) is 2. The number of ether oxygens (including phenoxy) is 1. The summed E-state index contributed by atoms with van der Waals surface area (Å²) in [7, 11) is 0. The molecule has 1 unspecified atom stereocenters. The van der Waals surface area contributed by atoms with Gasteiger partial charge in [0.1, 0.15) is 0 Å². The highest BCUT2D eigenvalue weighted by atomic mass is 16.5. The Balaban J connectivity index is 1.85. The highest BCUT2D eigenvalue weighted by molar-refractivity contribution is 5.65. The van der Waals surface area contributed by atoms with Crippen molar-refractivity contribution < 1.29 is 9.53 Å². The van der Waals surface area contributed by atoms with Gasteiger partial charge in [0.2, 0.25) is 0 Å². The van der Waals surface area contributed by atoms with Crippen LogP contribution in [-0.2, 0) is 16.0 Å². The van der Waals surface area contributed by atoms with Crippen LogP contribution in [-0.4, -0.2) is 12.6 Å². The third-order valence-electron chi connectivity index (χ3n) is 3.96. The van der Waals surface area contributed by atoms with Crippen molar-refractivity contribution in [3.8, 4) is 0 Å². The minimum atomic E-state index is -0.191. The first kappa shape index (κ1) is 14.1. The third-order valence-corrected chi connectivity index (χ3v) is 3.96. The number of esters is 1. The fraction of sp³-hybridized carbons (Fsp3) is 0.588. The van der Waals surface area contributed by atoms with Gasteiger partial charge in [0.05, 0.1) is 6.61 Å². The maximum absolute atomic E-state index is 10.8. The molecule has 0 bridgehead atoms. The molecule has 0 N–H and O–H groups in total. The van der Waals surface area contributed by atoms with Crippen LogP contribution in [0, 0.1) is 5.92 Å². The number of benzene rings is 1. The lowest BCUT2D eigenvalue weighted by molar-refractivity contribution is -0.142. The molecule has 1 saturated carbocycles. The van der Waals surface area contributed by atoms with Gasteiger partial charge in [-0.1, -0.05) is 44.0 Å². The molecule has 1 aliphatic carbocycles. The molecule has 0 aliphatic heterocycles. The van der Waals surface area contributed by atoms with E-state index in [2.05, 4.69) is 31.2 Å². The summed E-state index contributed by atoms with van der Waals surface area (Å²) in [5, 5.41) is 0. The smallest absolute Gasteiger partial charge is 0.302 e. The normalized spacial score (nSPS) is 17.4. The Bertz CT molecular complexity index is 402. The van der Waals surface area contributed by atoms with E-state index in [1.54, 1.807) is 0 Å². The predicted molar refractivity (Wildman–Crippen MR) is 77.2 cm³/mol.